The minimum absolute atomic E-state index is 0.903. The summed E-state index contributed by atoms with van der Waals surface area (Å²) in [6.07, 6.45) is 6.47. The molecule has 0 aliphatic heterocycles. The Bertz CT molecular complexity index is 229. The van der Waals surface area contributed by atoms with Crippen LogP contribution in [-0.4, -0.2) is 6.16 Å². The van der Waals surface area contributed by atoms with Gasteiger partial charge in [0, 0.05) is 0 Å². The Morgan fingerprint density at radius 1 is 1.06 bits per heavy atom. The molecule has 0 saturated heterocycles. The molecule has 1 rings (SSSR count). The van der Waals surface area contributed by atoms with Crippen LogP contribution in [0.4, 0.5) is 0 Å². The number of hydrogen-bond acceptors (Lipinski definition) is 0. The second-order valence-corrected chi connectivity index (χ2v) is 5.14. The summed E-state index contributed by atoms with van der Waals surface area (Å²) in [4.78, 5) is 0. The van der Waals surface area contributed by atoms with Crippen LogP contribution < -0.4 is 0 Å². The molecule has 0 saturated carbocycles. The summed E-state index contributed by atoms with van der Waals surface area (Å²) in [5, 5.41) is 0. The van der Waals surface area contributed by atoms with Gasteiger partial charge < -0.3 is 0 Å². The van der Waals surface area contributed by atoms with E-state index in [9.17, 15) is 0 Å². The van der Waals surface area contributed by atoms with Gasteiger partial charge in [0.05, 0.1) is 0 Å². The van der Waals surface area contributed by atoms with Gasteiger partial charge in [0.1, 0.15) is 0 Å². The molecule has 106 valence electrons. The van der Waals surface area contributed by atoms with E-state index in [-0.39, 0.29) is 0 Å². The SMILES string of the molecule is CC.CCCCC(C)C.PCCc1ccccc1. The first-order valence-electron chi connectivity index (χ1n) is 7.44. The molecule has 1 aromatic carbocycles. The molecule has 0 aromatic heterocycles. The van der Waals surface area contributed by atoms with E-state index >= 15 is 0 Å². The maximum atomic E-state index is 2.73. The zero-order valence-electron chi connectivity index (χ0n) is 13.1. The average molecular weight is 268 g/mol. The summed E-state index contributed by atoms with van der Waals surface area (Å²) in [6, 6.07) is 10.5. The topological polar surface area (TPSA) is 0 Å². The third kappa shape index (κ3) is 15.6. The van der Waals surface area contributed by atoms with Crippen molar-refractivity contribution in [2.75, 3.05) is 6.16 Å². The van der Waals surface area contributed by atoms with Crippen molar-refractivity contribution in [1.29, 1.82) is 0 Å². The first kappa shape index (κ1) is 20.0. The number of hydrogen-bond donors (Lipinski definition) is 0. The predicted octanol–water partition coefficient (Wildman–Crippen LogP) is 5.96. The lowest BCUT2D eigenvalue weighted by Gasteiger charge is -1.98. The smallest absolute Gasteiger partial charge is 0.0244 e. The Morgan fingerprint density at radius 2 is 1.61 bits per heavy atom. The predicted molar refractivity (Wildman–Crippen MR) is 90.4 cm³/mol. The Labute approximate surface area is 118 Å². The highest BCUT2D eigenvalue weighted by Crippen LogP contribution is 2.04. The van der Waals surface area contributed by atoms with Crippen LogP contribution in [0.25, 0.3) is 0 Å². The van der Waals surface area contributed by atoms with Crippen LogP contribution in [0, 0.1) is 5.92 Å². The number of unbranched alkanes of at least 4 members (excludes halogenated alkanes) is 1. The molecule has 0 N–H and O–H groups in total. The Balaban J connectivity index is 0. The van der Waals surface area contributed by atoms with Crippen molar-refractivity contribution in [3.05, 3.63) is 35.9 Å². The van der Waals surface area contributed by atoms with Gasteiger partial charge in [-0.05, 0) is 24.1 Å². The fraction of sp³-hybridized carbons (Fsp3) is 0.647. The zero-order chi connectivity index (χ0) is 14.2. The van der Waals surface area contributed by atoms with Crippen LogP contribution in [0.3, 0.4) is 0 Å². The van der Waals surface area contributed by atoms with E-state index in [4.69, 9.17) is 0 Å². The zero-order valence-corrected chi connectivity index (χ0v) is 14.2. The first-order chi connectivity index (χ1) is 8.70. The third-order valence-electron chi connectivity index (χ3n) is 2.41. The molecule has 0 radical (unpaired) electrons. The Hall–Kier alpha value is -0.350. The van der Waals surface area contributed by atoms with Gasteiger partial charge in [0.25, 0.3) is 0 Å². The quantitative estimate of drug-likeness (QED) is 0.578. The van der Waals surface area contributed by atoms with Gasteiger partial charge in [0.2, 0.25) is 0 Å². The molecule has 1 atom stereocenters. The summed E-state index contributed by atoms with van der Waals surface area (Å²) < 4.78 is 0. The fourth-order valence-electron chi connectivity index (χ4n) is 1.42. The van der Waals surface area contributed by atoms with E-state index in [0.717, 1.165) is 12.1 Å². The van der Waals surface area contributed by atoms with Crippen LogP contribution in [0.1, 0.15) is 59.4 Å². The van der Waals surface area contributed by atoms with E-state index in [1.54, 1.807) is 0 Å². The van der Waals surface area contributed by atoms with Gasteiger partial charge in [-0.1, -0.05) is 84.2 Å². The van der Waals surface area contributed by atoms with Crippen LogP contribution in [0.15, 0.2) is 30.3 Å². The molecule has 1 unspecified atom stereocenters. The molecule has 0 nitrogen and oxygen atoms in total. The van der Waals surface area contributed by atoms with Crippen molar-refractivity contribution in [3.63, 3.8) is 0 Å². The minimum Gasteiger partial charge on any atom is -0.137 e. The molecule has 0 fully saturated rings. The lowest BCUT2D eigenvalue weighted by atomic mass is 10.1. The molecule has 0 aliphatic carbocycles. The molecule has 1 aromatic rings. The van der Waals surface area contributed by atoms with Gasteiger partial charge in [-0.15, -0.1) is 9.24 Å². The first-order valence-corrected chi connectivity index (χ1v) is 8.26. The molecule has 0 spiro atoms. The Morgan fingerprint density at radius 3 is 1.94 bits per heavy atom. The molecule has 18 heavy (non-hydrogen) atoms. The maximum Gasteiger partial charge on any atom is -0.0244 e. The summed E-state index contributed by atoms with van der Waals surface area (Å²) in [5.41, 5.74) is 1.42. The van der Waals surface area contributed by atoms with Gasteiger partial charge in [0.15, 0.2) is 0 Å². The Kier molecular flexibility index (Phi) is 18.5. The van der Waals surface area contributed by atoms with Crippen molar-refractivity contribution in [1.82, 2.24) is 0 Å². The number of aryl methyl sites for hydroxylation is 1. The van der Waals surface area contributed by atoms with Crippen molar-refractivity contribution < 1.29 is 0 Å². The second-order valence-electron chi connectivity index (χ2n) is 4.56. The van der Waals surface area contributed by atoms with Gasteiger partial charge >= 0.3 is 0 Å². The van der Waals surface area contributed by atoms with Crippen LogP contribution in [0.2, 0.25) is 0 Å². The van der Waals surface area contributed by atoms with Crippen molar-refractivity contribution in [2.45, 2.75) is 60.3 Å². The summed E-state index contributed by atoms with van der Waals surface area (Å²) in [7, 11) is 2.73. The largest absolute Gasteiger partial charge is 0.137 e. The minimum atomic E-state index is 0.903. The molecular weight excluding hydrogens is 235 g/mol. The maximum absolute atomic E-state index is 2.73. The second kappa shape index (κ2) is 16.6. The molecule has 0 aliphatic rings. The fourth-order valence-corrected chi connectivity index (χ4v) is 1.76. The highest BCUT2D eigenvalue weighted by molar-refractivity contribution is 7.16. The van der Waals surface area contributed by atoms with Crippen LogP contribution in [0.5, 0.6) is 0 Å². The number of rotatable bonds is 5. The van der Waals surface area contributed by atoms with Crippen molar-refractivity contribution in [2.24, 2.45) is 5.92 Å². The van der Waals surface area contributed by atoms with Crippen molar-refractivity contribution >= 4 is 9.24 Å². The van der Waals surface area contributed by atoms with Gasteiger partial charge in [-0.25, -0.2) is 0 Å². The van der Waals surface area contributed by atoms with Gasteiger partial charge in [-0.3, -0.25) is 0 Å². The third-order valence-corrected chi connectivity index (χ3v) is 2.70. The molecule has 0 amide bonds. The van der Waals surface area contributed by atoms with E-state index in [1.165, 1.54) is 31.2 Å². The van der Waals surface area contributed by atoms with E-state index in [0.29, 0.717) is 0 Å². The van der Waals surface area contributed by atoms with E-state index in [1.807, 2.05) is 19.9 Å². The summed E-state index contributed by atoms with van der Waals surface area (Å²) in [5.74, 6) is 0.903. The summed E-state index contributed by atoms with van der Waals surface area (Å²) in [6.45, 7) is 10.8. The monoisotopic (exact) mass is 268 g/mol. The molecule has 0 bridgehead atoms. The van der Waals surface area contributed by atoms with E-state index in [2.05, 4.69) is 54.3 Å². The highest BCUT2D eigenvalue weighted by Gasteiger charge is 1.88. The van der Waals surface area contributed by atoms with Crippen LogP contribution >= 0.6 is 9.24 Å². The highest BCUT2D eigenvalue weighted by atomic mass is 31.0. The standard InChI is InChI=1S/C8H11P.C7H16.C2H6/c9-7-6-8-4-2-1-3-5-8;1-4-5-6-7(2)3;1-2/h1-5H,6-7,9H2;7H,4-6H2,1-3H3;1-2H3. The molecule has 1 heteroatoms. The lowest BCUT2D eigenvalue weighted by Crippen LogP contribution is -1.83. The van der Waals surface area contributed by atoms with Crippen LogP contribution in [-0.2, 0) is 6.42 Å². The molecule has 0 heterocycles. The normalized spacial score (nSPS) is 9.06. The van der Waals surface area contributed by atoms with E-state index < -0.39 is 0 Å². The van der Waals surface area contributed by atoms with Gasteiger partial charge in [-0.2, -0.15) is 0 Å². The lowest BCUT2D eigenvalue weighted by molar-refractivity contribution is 0.550. The molecular formula is C17H33P. The average Bonchev–Trinajstić information content (AvgIpc) is 2.41. The number of benzene rings is 1. The van der Waals surface area contributed by atoms with Crippen molar-refractivity contribution in [3.8, 4) is 0 Å². The summed E-state index contributed by atoms with van der Waals surface area (Å²) >= 11 is 0.